The summed E-state index contributed by atoms with van der Waals surface area (Å²) >= 11 is 0. The van der Waals surface area contributed by atoms with Crippen molar-refractivity contribution in [3.8, 4) is 5.75 Å². The van der Waals surface area contributed by atoms with Crippen molar-refractivity contribution in [2.75, 3.05) is 18.5 Å². The first-order valence-electron chi connectivity index (χ1n) is 9.97. The fourth-order valence-electron chi connectivity index (χ4n) is 2.46. The lowest BCUT2D eigenvalue weighted by atomic mass is 10.2. The molecule has 0 aliphatic carbocycles. The Hall–Kier alpha value is -3.35. The molecule has 0 heterocycles. The quantitative estimate of drug-likeness (QED) is 0.460. The van der Waals surface area contributed by atoms with E-state index in [4.69, 9.17) is 9.47 Å². The second-order valence-electron chi connectivity index (χ2n) is 6.90. The summed E-state index contributed by atoms with van der Waals surface area (Å²) in [6, 6.07) is 13.9. The third-order valence-electron chi connectivity index (χ3n) is 4.27. The first-order valence-corrected chi connectivity index (χ1v) is 9.97. The zero-order valence-corrected chi connectivity index (χ0v) is 17.6. The fraction of sp³-hybridized carbons (Fsp3) is 0.348. The van der Waals surface area contributed by atoms with Crippen LogP contribution in [0.2, 0.25) is 0 Å². The normalized spacial score (nSPS) is 11.3. The molecule has 0 unspecified atom stereocenters. The van der Waals surface area contributed by atoms with E-state index < -0.39 is 23.9 Å². The number of carbonyl (C=O) groups excluding carboxylic acids is 3. The molecule has 0 aromatic heterocycles. The van der Waals surface area contributed by atoms with Crippen LogP contribution in [-0.2, 0) is 14.3 Å². The summed E-state index contributed by atoms with van der Waals surface area (Å²) < 4.78 is 10.6. The van der Waals surface area contributed by atoms with Gasteiger partial charge in [0, 0.05) is 11.3 Å². The Morgan fingerprint density at radius 2 is 1.67 bits per heavy atom. The number of ether oxygens (including phenoxy) is 2. The van der Waals surface area contributed by atoms with Gasteiger partial charge in [0.05, 0.1) is 6.61 Å². The fourth-order valence-corrected chi connectivity index (χ4v) is 2.46. The number of carbonyl (C=O) groups is 3. The lowest BCUT2D eigenvalue weighted by Crippen LogP contribution is -2.35. The van der Waals surface area contributed by atoms with Crippen molar-refractivity contribution in [3.63, 3.8) is 0 Å². The summed E-state index contributed by atoms with van der Waals surface area (Å²) in [4.78, 5) is 36.3. The average molecular weight is 412 g/mol. The van der Waals surface area contributed by atoms with E-state index in [1.54, 1.807) is 36.4 Å². The van der Waals surface area contributed by atoms with Crippen LogP contribution in [0.1, 0.15) is 42.6 Å². The highest BCUT2D eigenvalue weighted by molar-refractivity contribution is 5.97. The number of amides is 2. The van der Waals surface area contributed by atoms with Crippen molar-refractivity contribution >= 4 is 23.5 Å². The SMILES string of the molecule is CCCCOc1ccc(C(=O)NCC(=O)O[C@@H](C)C(=O)Nc2ccc(C)cc2)cc1. The molecule has 0 radical (unpaired) electrons. The van der Waals surface area contributed by atoms with Gasteiger partial charge in [0.1, 0.15) is 12.3 Å². The molecule has 1 atom stereocenters. The molecule has 7 heteroatoms. The minimum atomic E-state index is -0.991. The smallest absolute Gasteiger partial charge is 0.326 e. The monoisotopic (exact) mass is 412 g/mol. The van der Waals surface area contributed by atoms with E-state index in [1.165, 1.54) is 6.92 Å². The van der Waals surface area contributed by atoms with Crippen molar-refractivity contribution in [3.05, 3.63) is 59.7 Å². The highest BCUT2D eigenvalue weighted by Gasteiger charge is 2.18. The van der Waals surface area contributed by atoms with Crippen molar-refractivity contribution in [2.45, 2.75) is 39.7 Å². The van der Waals surface area contributed by atoms with E-state index >= 15 is 0 Å². The molecule has 2 N–H and O–H groups in total. The maximum Gasteiger partial charge on any atom is 0.326 e. The first-order chi connectivity index (χ1) is 14.4. The predicted octanol–water partition coefficient (Wildman–Crippen LogP) is 3.47. The minimum absolute atomic E-state index is 0.338. The minimum Gasteiger partial charge on any atom is -0.494 e. The summed E-state index contributed by atoms with van der Waals surface area (Å²) in [7, 11) is 0. The third-order valence-corrected chi connectivity index (χ3v) is 4.27. The molecule has 2 amide bonds. The number of hydrogen-bond donors (Lipinski definition) is 2. The molecule has 0 spiro atoms. The summed E-state index contributed by atoms with van der Waals surface area (Å²) in [5, 5.41) is 5.16. The Labute approximate surface area is 176 Å². The number of unbranched alkanes of at least 4 members (excludes halogenated alkanes) is 1. The van der Waals surface area contributed by atoms with Crippen LogP contribution in [0.15, 0.2) is 48.5 Å². The van der Waals surface area contributed by atoms with Gasteiger partial charge < -0.3 is 20.1 Å². The highest BCUT2D eigenvalue weighted by Crippen LogP contribution is 2.13. The van der Waals surface area contributed by atoms with Gasteiger partial charge in [0.2, 0.25) is 0 Å². The molecule has 2 rings (SSSR count). The Morgan fingerprint density at radius 3 is 2.30 bits per heavy atom. The molecule has 0 saturated heterocycles. The summed E-state index contributed by atoms with van der Waals surface area (Å²) in [6.07, 6.45) is 1.02. The van der Waals surface area contributed by atoms with E-state index in [2.05, 4.69) is 17.6 Å². The number of rotatable bonds is 10. The van der Waals surface area contributed by atoms with Crippen LogP contribution in [0.25, 0.3) is 0 Å². The number of benzene rings is 2. The molecule has 30 heavy (non-hydrogen) atoms. The summed E-state index contributed by atoms with van der Waals surface area (Å²) in [5.74, 6) is -0.872. The maximum absolute atomic E-state index is 12.2. The van der Waals surface area contributed by atoms with Crippen LogP contribution in [0.3, 0.4) is 0 Å². The summed E-state index contributed by atoms with van der Waals surface area (Å²) in [6.45, 7) is 5.79. The summed E-state index contributed by atoms with van der Waals surface area (Å²) in [5.41, 5.74) is 2.08. The number of esters is 1. The Bertz CT molecular complexity index is 847. The predicted molar refractivity (Wildman–Crippen MR) is 115 cm³/mol. The molecule has 7 nitrogen and oxygen atoms in total. The number of aryl methyl sites for hydroxylation is 1. The molecule has 0 fully saturated rings. The van der Waals surface area contributed by atoms with E-state index in [0.29, 0.717) is 23.6 Å². The van der Waals surface area contributed by atoms with Gasteiger partial charge in [-0.25, -0.2) is 0 Å². The Morgan fingerprint density at radius 1 is 1.00 bits per heavy atom. The number of hydrogen-bond acceptors (Lipinski definition) is 5. The van der Waals surface area contributed by atoms with Gasteiger partial charge >= 0.3 is 5.97 Å². The second-order valence-corrected chi connectivity index (χ2v) is 6.90. The van der Waals surface area contributed by atoms with Crippen molar-refractivity contribution in [1.82, 2.24) is 5.32 Å². The molecule has 2 aromatic carbocycles. The lowest BCUT2D eigenvalue weighted by Gasteiger charge is -2.14. The molecule has 0 aliphatic heterocycles. The number of anilines is 1. The van der Waals surface area contributed by atoms with Crippen LogP contribution in [-0.4, -0.2) is 37.0 Å². The maximum atomic E-state index is 12.2. The molecule has 2 aromatic rings. The molecule has 0 bridgehead atoms. The third kappa shape index (κ3) is 7.58. The van der Waals surface area contributed by atoms with Crippen molar-refractivity contribution in [2.24, 2.45) is 0 Å². The second kappa shape index (κ2) is 11.6. The number of nitrogens with one attached hydrogen (secondary N) is 2. The Balaban J connectivity index is 1.75. The van der Waals surface area contributed by atoms with Crippen molar-refractivity contribution < 1.29 is 23.9 Å². The zero-order chi connectivity index (χ0) is 21.9. The average Bonchev–Trinajstić information content (AvgIpc) is 2.74. The van der Waals surface area contributed by atoms with Crippen LogP contribution in [0.4, 0.5) is 5.69 Å². The van der Waals surface area contributed by atoms with Gasteiger partial charge in [-0.05, 0) is 56.7 Å². The zero-order valence-electron chi connectivity index (χ0n) is 17.6. The molecular formula is C23H28N2O5. The topological polar surface area (TPSA) is 93.7 Å². The molecule has 0 saturated carbocycles. The van der Waals surface area contributed by atoms with E-state index in [1.807, 2.05) is 19.1 Å². The van der Waals surface area contributed by atoms with E-state index in [-0.39, 0.29) is 6.54 Å². The van der Waals surface area contributed by atoms with Gasteiger partial charge in [-0.2, -0.15) is 0 Å². The highest BCUT2D eigenvalue weighted by atomic mass is 16.5. The first kappa shape index (κ1) is 22.9. The van der Waals surface area contributed by atoms with Gasteiger partial charge in [-0.15, -0.1) is 0 Å². The van der Waals surface area contributed by atoms with Gasteiger partial charge in [0.15, 0.2) is 6.10 Å². The van der Waals surface area contributed by atoms with Gasteiger partial charge in [0.25, 0.3) is 11.8 Å². The van der Waals surface area contributed by atoms with Gasteiger partial charge in [-0.3, -0.25) is 14.4 Å². The Kier molecular flexibility index (Phi) is 8.87. The molecular weight excluding hydrogens is 384 g/mol. The van der Waals surface area contributed by atoms with E-state index in [9.17, 15) is 14.4 Å². The van der Waals surface area contributed by atoms with Gasteiger partial charge in [-0.1, -0.05) is 31.0 Å². The standard InChI is InChI=1S/C23H28N2O5/c1-4-5-14-29-20-12-8-18(9-13-20)23(28)24-15-21(26)30-17(3)22(27)25-19-10-6-16(2)7-11-19/h6-13,17H,4-5,14-15H2,1-3H3,(H,24,28)(H,25,27)/t17-/m0/s1. The van der Waals surface area contributed by atoms with Crippen molar-refractivity contribution in [1.29, 1.82) is 0 Å². The lowest BCUT2D eigenvalue weighted by molar-refractivity contribution is -0.152. The molecule has 160 valence electrons. The van der Waals surface area contributed by atoms with E-state index in [0.717, 1.165) is 18.4 Å². The van der Waals surface area contributed by atoms with Crippen LogP contribution >= 0.6 is 0 Å². The van der Waals surface area contributed by atoms with Crippen LogP contribution in [0, 0.1) is 6.92 Å². The van der Waals surface area contributed by atoms with Crippen LogP contribution in [0.5, 0.6) is 5.75 Å². The largest absolute Gasteiger partial charge is 0.494 e. The van der Waals surface area contributed by atoms with Crippen LogP contribution < -0.4 is 15.4 Å². The molecule has 0 aliphatic rings.